The highest BCUT2D eigenvalue weighted by molar-refractivity contribution is 14.1. The molecule has 78 valence electrons. The maximum atomic E-state index is 13.3. The van der Waals surface area contributed by atoms with Crippen LogP contribution in [0.1, 0.15) is 0 Å². The van der Waals surface area contributed by atoms with Crippen molar-refractivity contribution in [1.29, 1.82) is 0 Å². The molecule has 2 N–H and O–H groups in total. The summed E-state index contributed by atoms with van der Waals surface area (Å²) >= 11 is 1.86. The molecule has 0 radical (unpaired) electrons. The molecule has 0 fully saturated rings. The van der Waals surface area contributed by atoms with Crippen molar-refractivity contribution in [2.45, 2.75) is 0 Å². The molecule has 15 heavy (non-hydrogen) atoms. The zero-order chi connectivity index (χ0) is 11.0. The molecule has 0 unspecified atom stereocenters. The second-order valence-corrected chi connectivity index (χ2v) is 3.91. The van der Waals surface area contributed by atoms with Gasteiger partial charge in [-0.2, -0.15) is 0 Å². The van der Waals surface area contributed by atoms with Crippen molar-refractivity contribution in [2.75, 3.05) is 5.73 Å². The van der Waals surface area contributed by atoms with E-state index >= 15 is 0 Å². The number of halogens is 3. The minimum Gasteiger partial charge on any atom is -0.380 e. The number of benzene rings is 1. The van der Waals surface area contributed by atoms with Gasteiger partial charge in [-0.3, -0.25) is 0 Å². The Kier molecular flexibility index (Phi) is 2.59. The molecular weight excluding hydrogens is 317 g/mol. The Balaban J connectivity index is 2.63. The highest BCUT2D eigenvalue weighted by Gasteiger charge is 2.17. The minimum atomic E-state index is -0.578. The first kappa shape index (κ1) is 10.3. The van der Waals surface area contributed by atoms with E-state index in [1.165, 1.54) is 0 Å². The van der Waals surface area contributed by atoms with E-state index in [1.54, 1.807) is 0 Å². The molecule has 0 bridgehead atoms. The molecule has 0 atom stereocenters. The van der Waals surface area contributed by atoms with Gasteiger partial charge in [0.15, 0.2) is 11.6 Å². The fourth-order valence-electron chi connectivity index (χ4n) is 1.13. The summed E-state index contributed by atoms with van der Waals surface area (Å²) < 4.78 is 31.6. The summed E-state index contributed by atoms with van der Waals surface area (Å²) in [5.41, 5.74) is 5.45. The topological polar surface area (TPSA) is 52.0 Å². The summed E-state index contributed by atoms with van der Waals surface area (Å²) in [6, 6.07) is 3.10. The van der Waals surface area contributed by atoms with Crippen molar-refractivity contribution >= 4 is 28.4 Å². The largest absolute Gasteiger partial charge is 0.380 e. The van der Waals surface area contributed by atoms with E-state index in [0.717, 1.165) is 18.2 Å². The molecule has 1 aromatic heterocycles. The van der Waals surface area contributed by atoms with Crippen LogP contribution >= 0.6 is 22.6 Å². The normalized spacial score (nSPS) is 10.6. The van der Waals surface area contributed by atoms with Crippen LogP contribution in [0.5, 0.6) is 0 Å². The molecule has 6 heteroatoms. The number of rotatable bonds is 1. The summed E-state index contributed by atoms with van der Waals surface area (Å²) in [5.74, 6) is -0.818. The highest BCUT2D eigenvalue weighted by atomic mass is 127. The number of anilines is 1. The van der Waals surface area contributed by atoms with Crippen LogP contribution in [-0.2, 0) is 0 Å². The predicted molar refractivity (Wildman–Crippen MR) is 59.0 cm³/mol. The van der Waals surface area contributed by atoms with Gasteiger partial charge in [0.2, 0.25) is 0 Å². The molecular formula is C9H5F2IN2O. The van der Waals surface area contributed by atoms with Crippen molar-refractivity contribution in [2.24, 2.45) is 0 Å². The molecule has 2 aromatic rings. The third-order valence-corrected chi connectivity index (χ3v) is 2.88. The zero-order valence-electron chi connectivity index (χ0n) is 7.30. The van der Waals surface area contributed by atoms with Crippen LogP contribution in [0.15, 0.2) is 22.7 Å². The van der Waals surface area contributed by atoms with Crippen LogP contribution in [0.4, 0.5) is 14.6 Å². The standard InChI is InChI=1S/C9H5F2IN2O/c10-4-1-2-6(11)5(3-4)8-7(12)9(13)14-15-8/h1-3H,(H2,13,14). The number of aromatic nitrogens is 1. The van der Waals surface area contributed by atoms with Crippen LogP contribution in [0, 0.1) is 15.2 Å². The van der Waals surface area contributed by atoms with Crippen molar-refractivity contribution in [1.82, 2.24) is 5.16 Å². The number of hydrogen-bond donors (Lipinski definition) is 1. The summed E-state index contributed by atoms with van der Waals surface area (Å²) in [6.07, 6.45) is 0. The fourth-order valence-corrected chi connectivity index (χ4v) is 1.62. The van der Waals surface area contributed by atoms with Crippen LogP contribution in [0.3, 0.4) is 0 Å². The molecule has 1 heterocycles. The second kappa shape index (κ2) is 3.76. The van der Waals surface area contributed by atoms with Gasteiger partial charge in [-0.15, -0.1) is 0 Å². The number of nitrogen functional groups attached to an aromatic ring is 1. The third kappa shape index (κ3) is 1.81. The smallest absolute Gasteiger partial charge is 0.185 e. The molecule has 0 aliphatic heterocycles. The first-order chi connectivity index (χ1) is 7.09. The van der Waals surface area contributed by atoms with Crippen molar-refractivity contribution < 1.29 is 13.3 Å². The third-order valence-electron chi connectivity index (χ3n) is 1.83. The Morgan fingerprint density at radius 3 is 2.67 bits per heavy atom. The quantitative estimate of drug-likeness (QED) is 0.822. The lowest BCUT2D eigenvalue weighted by atomic mass is 10.1. The van der Waals surface area contributed by atoms with Crippen LogP contribution < -0.4 is 5.73 Å². The molecule has 0 spiro atoms. The minimum absolute atomic E-state index is 0.0172. The average Bonchev–Trinajstić information content (AvgIpc) is 2.52. The van der Waals surface area contributed by atoms with Gasteiger partial charge in [-0.1, -0.05) is 5.16 Å². The Morgan fingerprint density at radius 2 is 2.07 bits per heavy atom. The lowest BCUT2D eigenvalue weighted by Crippen LogP contribution is -1.89. The van der Waals surface area contributed by atoms with Gasteiger partial charge in [0, 0.05) is 0 Å². The van der Waals surface area contributed by atoms with Crippen LogP contribution in [0.25, 0.3) is 11.3 Å². The van der Waals surface area contributed by atoms with Gasteiger partial charge in [-0.25, -0.2) is 8.78 Å². The van der Waals surface area contributed by atoms with Gasteiger partial charge in [0.1, 0.15) is 15.2 Å². The summed E-state index contributed by atoms with van der Waals surface area (Å²) in [7, 11) is 0. The number of hydrogen-bond acceptors (Lipinski definition) is 3. The van der Waals surface area contributed by atoms with E-state index in [4.69, 9.17) is 10.3 Å². The summed E-state index contributed by atoms with van der Waals surface area (Å²) in [5, 5.41) is 3.47. The van der Waals surface area contributed by atoms with E-state index in [0.29, 0.717) is 3.57 Å². The molecule has 0 amide bonds. The maximum absolute atomic E-state index is 13.3. The Morgan fingerprint density at radius 1 is 1.33 bits per heavy atom. The zero-order valence-corrected chi connectivity index (χ0v) is 9.46. The molecule has 3 nitrogen and oxygen atoms in total. The Labute approximate surface area is 97.4 Å². The summed E-state index contributed by atoms with van der Waals surface area (Å²) in [6.45, 7) is 0. The summed E-state index contributed by atoms with van der Waals surface area (Å²) in [4.78, 5) is 0. The fraction of sp³-hybridized carbons (Fsp3) is 0. The molecule has 0 saturated carbocycles. The maximum Gasteiger partial charge on any atom is 0.185 e. The number of nitrogens with zero attached hydrogens (tertiary/aromatic N) is 1. The van der Waals surface area contributed by atoms with Crippen LogP contribution in [0.2, 0.25) is 0 Å². The van der Waals surface area contributed by atoms with Crippen LogP contribution in [-0.4, -0.2) is 5.16 Å². The van der Waals surface area contributed by atoms with E-state index < -0.39 is 11.6 Å². The molecule has 0 saturated heterocycles. The van der Waals surface area contributed by atoms with Gasteiger partial charge in [-0.05, 0) is 40.8 Å². The van der Waals surface area contributed by atoms with E-state index in [-0.39, 0.29) is 17.1 Å². The van der Waals surface area contributed by atoms with Crippen molar-refractivity contribution in [3.8, 4) is 11.3 Å². The monoisotopic (exact) mass is 322 g/mol. The van der Waals surface area contributed by atoms with Crippen molar-refractivity contribution in [3.63, 3.8) is 0 Å². The molecule has 0 aliphatic carbocycles. The van der Waals surface area contributed by atoms with Crippen molar-refractivity contribution in [3.05, 3.63) is 33.4 Å². The highest BCUT2D eigenvalue weighted by Crippen LogP contribution is 2.31. The van der Waals surface area contributed by atoms with Gasteiger partial charge in [0.25, 0.3) is 0 Å². The molecule has 2 rings (SSSR count). The molecule has 1 aromatic carbocycles. The lowest BCUT2D eigenvalue weighted by molar-refractivity contribution is 0.432. The first-order valence-electron chi connectivity index (χ1n) is 3.95. The predicted octanol–water partition coefficient (Wildman–Crippen LogP) is 2.81. The van der Waals surface area contributed by atoms with Gasteiger partial charge < -0.3 is 10.3 Å². The Bertz CT molecular complexity index is 513. The van der Waals surface area contributed by atoms with E-state index in [1.807, 2.05) is 22.6 Å². The SMILES string of the molecule is Nc1noc(-c2cc(F)ccc2F)c1I. The lowest BCUT2D eigenvalue weighted by Gasteiger charge is -1.98. The van der Waals surface area contributed by atoms with E-state index in [9.17, 15) is 8.78 Å². The molecule has 0 aliphatic rings. The second-order valence-electron chi connectivity index (χ2n) is 2.84. The first-order valence-corrected chi connectivity index (χ1v) is 5.03. The van der Waals surface area contributed by atoms with Gasteiger partial charge in [0.05, 0.1) is 5.56 Å². The average molecular weight is 322 g/mol. The van der Waals surface area contributed by atoms with Gasteiger partial charge >= 0.3 is 0 Å². The number of nitrogens with two attached hydrogens (primary N) is 1. The van der Waals surface area contributed by atoms with E-state index in [2.05, 4.69) is 5.16 Å². The Hall–Kier alpha value is -1.18.